The van der Waals surface area contributed by atoms with Gasteiger partial charge in [-0.05, 0) is 24.6 Å². The summed E-state index contributed by atoms with van der Waals surface area (Å²) in [5, 5.41) is 6.72. The van der Waals surface area contributed by atoms with E-state index in [-0.39, 0.29) is 18.3 Å². The van der Waals surface area contributed by atoms with Crippen LogP contribution < -0.4 is 5.32 Å². The molecule has 1 aromatic heterocycles. The van der Waals surface area contributed by atoms with Gasteiger partial charge in [0.2, 0.25) is 5.91 Å². The van der Waals surface area contributed by atoms with Crippen molar-refractivity contribution in [2.24, 2.45) is 0 Å². The lowest BCUT2D eigenvalue weighted by molar-refractivity contribution is -0.115. The summed E-state index contributed by atoms with van der Waals surface area (Å²) in [6.45, 7) is 1.68. The lowest BCUT2D eigenvalue weighted by Crippen LogP contribution is -2.14. The van der Waals surface area contributed by atoms with Gasteiger partial charge in [0.1, 0.15) is 0 Å². The number of nitrogens with zero attached hydrogens (tertiary/aromatic N) is 2. The summed E-state index contributed by atoms with van der Waals surface area (Å²) in [4.78, 5) is 15.5. The first-order valence-corrected chi connectivity index (χ1v) is 5.36. The van der Waals surface area contributed by atoms with Gasteiger partial charge in [-0.1, -0.05) is 28.9 Å². The molecular formula is C11H10ClN3O2. The fourth-order valence-electron chi connectivity index (χ4n) is 1.30. The smallest absolute Gasteiger partial charge is 0.315 e. The molecule has 0 saturated carbocycles. The molecule has 2 rings (SSSR count). The van der Waals surface area contributed by atoms with Gasteiger partial charge in [-0.3, -0.25) is 10.1 Å². The fraction of sp³-hybridized carbons (Fsp3) is 0.182. The summed E-state index contributed by atoms with van der Waals surface area (Å²) in [5.74, 6) is 0.266. The molecule has 0 radical (unpaired) electrons. The minimum absolute atomic E-state index is 0.112. The molecule has 0 unspecified atom stereocenters. The molecular weight excluding hydrogens is 242 g/mol. The summed E-state index contributed by atoms with van der Waals surface area (Å²) in [5.41, 5.74) is 0.864. The highest BCUT2D eigenvalue weighted by molar-refractivity contribution is 6.30. The summed E-state index contributed by atoms with van der Waals surface area (Å²) in [6.07, 6.45) is 0.235. The standard InChI is InChI=1S/C11H10ClN3O2/c1-7-13-11(17-15-7)14-10(16)6-8-2-4-9(12)5-3-8/h2-5H,6H2,1H3,(H,13,14,15,16). The van der Waals surface area contributed by atoms with Gasteiger partial charge in [0, 0.05) is 5.02 Å². The Labute approximate surface area is 103 Å². The number of anilines is 1. The van der Waals surface area contributed by atoms with Crippen LogP contribution in [0.25, 0.3) is 0 Å². The van der Waals surface area contributed by atoms with Gasteiger partial charge in [-0.15, -0.1) is 0 Å². The van der Waals surface area contributed by atoms with Gasteiger partial charge in [0.15, 0.2) is 5.82 Å². The van der Waals surface area contributed by atoms with E-state index in [1.807, 2.05) is 0 Å². The highest BCUT2D eigenvalue weighted by Gasteiger charge is 2.08. The van der Waals surface area contributed by atoms with Gasteiger partial charge in [0.25, 0.3) is 0 Å². The second-order valence-corrected chi connectivity index (χ2v) is 3.93. The first-order valence-electron chi connectivity index (χ1n) is 4.98. The van der Waals surface area contributed by atoms with Crippen molar-refractivity contribution in [1.29, 1.82) is 0 Å². The maximum atomic E-state index is 11.6. The minimum atomic E-state index is -0.212. The average Bonchev–Trinajstić information content (AvgIpc) is 2.67. The Morgan fingerprint density at radius 1 is 1.41 bits per heavy atom. The third-order valence-electron chi connectivity index (χ3n) is 2.05. The van der Waals surface area contributed by atoms with E-state index in [2.05, 4.69) is 15.5 Å². The molecule has 0 atom stereocenters. The average molecular weight is 252 g/mol. The Hall–Kier alpha value is -1.88. The number of nitrogens with one attached hydrogen (secondary N) is 1. The first kappa shape index (κ1) is 11.6. The SMILES string of the molecule is Cc1noc(NC(=O)Cc2ccc(Cl)cc2)n1. The molecule has 0 bridgehead atoms. The van der Waals surface area contributed by atoms with Gasteiger partial charge < -0.3 is 4.52 Å². The third kappa shape index (κ3) is 3.29. The van der Waals surface area contributed by atoms with Crippen molar-refractivity contribution >= 4 is 23.5 Å². The molecule has 6 heteroatoms. The van der Waals surface area contributed by atoms with Crippen LogP contribution in [0.1, 0.15) is 11.4 Å². The number of hydrogen-bond donors (Lipinski definition) is 1. The van der Waals surface area contributed by atoms with Crippen molar-refractivity contribution in [3.63, 3.8) is 0 Å². The zero-order valence-corrected chi connectivity index (χ0v) is 9.86. The van der Waals surface area contributed by atoms with Crippen LogP contribution in [-0.2, 0) is 11.2 Å². The van der Waals surface area contributed by atoms with Crippen LogP contribution in [0, 0.1) is 6.92 Å². The van der Waals surface area contributed by atoms with Crippen molar-refractivity contribution in [2.45, 2.75) is 13.3 Å². The molecule has 0 fully saturated rings. The van der Waals surface area contributed by atoms with E-state index in [0.29, 0.717) is 10.8 Å². The molecule has 0 aliphatic rings. The Morgan fingerprint density at radius 2 is 2.12 bits per heavy atom. The van der Waals surface area contributed by atoms with Crippen molar-refractivity contribution < 1.29 is 9.32 Å². The highest BCUT2D eigenvalue weighted by atomic mass is 35.5. The molecule has 88 valence electrons. The molecule has 17 heavy (non-hydrogen) atoms. The topological polar surface area (TPSA) is 68.0 Å². The van der Waals surface area contributed by atoms with Crippen LogP contribution >= 0.6 is 11.6 Å². The normalized spacial score (nSPS) is 10.2. The summed E-state index contributed by atoms with van der Waals surface area (Å²) < 4.78 is 4.78. The number of hydrogen-bond acceptors (Lipinski definition) is 4. The van der Waals surface area contributed by atoms with E-state index in [4.69, 9.17) is 16.1 Å². The molecule has 2 aromatic rings. The van der Waals surface area contributed by atoms with Gasteiger partial charge in [0.05, 0.1) is 6.42 Å². The second-order valence-electron chi connectivity index (χ2n) is 3.50. The molecule has 0 saturated heterocycles. The van der Waals surface area contributed by atoms with E-state index >= 15 is 0 Å². The van der Waals surface area contributed by atoms with Crippen molar-refractivity contribution in [3.8, 4) is 0 Å². The first-order chi connectivity index (χ1) is 8.13. The lowest BCUT2D eigenvalue weighted by Gasteiger charge is -2.00. The van der Waals surface area contributed by atoms with Gasteiger partial charge in [-0.25, -0.2) is 0 Å². The van der Waals surface area contributed by atoms with E-state index < -0.39 is 0 Å². The number of carbonyl (C=O) groups excluding carboxylic acids is 1. The Bertz CT molecular complexity index is 522. The van der Waals surface area contributed by atoms with E-state index in [0.717, 1.165) is 5.56 Å². The maximum absolute atomic E-state index is 11.6. The third-order valence-corrected chi connectivity index (χ3v) is 2.30. The van der Waals surface area contributed by atoms with Crippen molar-refractivity contribution in [3.05, 3.63) is 40.7 Å². The fourth-order valence-corrected chi connectivity index (χ4v) is 1.42. The molecule has 0 aliphatic heterocycles. The minimum Gasteiger partial charge on any atom is -0.315 e. The van der Waals surface area contributed by atoms with Crippen molar-refractivity contribution in [1.82, 2.24) is 10.1 Å². The summed E-state index contributed by atoms with van der Waals surface area (Å²) in [6, 6.07) is 7.17. The second kappa shape index (κ2) is 4.97. The Morgan fingerprint density at radius 3 is 2.71 bits per heavy atom. The quantitative estimate of drug-likeness (QED) is 0.908. The van der Waals surface area contributed by atoms with Crippen LogP contribution in [-0.4, -0.2) is 16.0 Å². The molecule has 1 N–H and O–H groups in total. The van der Waals surface area contributed by atoms with Crippen LogP contribution in [0.3, 0.4) is 0 Å². The molecule has 1 heterocycles. The van der Waals surface area contributed by atoms with E-state index in [1.54, 1.807) is 31.2 Å². The Kier molecular flexibility index (Phi) is 3.39. The molecule has 1 amide bonds. The molecule has 0 aliphatic carbocycles. The van der Waals surface area contributed by atoms with Crippen LogP contribution in [0.5, 0.6) is 0 Å². The highest BCUT2D eigenvalue weighted by Crippen LogP contribution is 2.10. The van der Waals surface area contributed by atoms with E-state index in [9.17, 15) is 4.79 Å². The summed E-state index contributed by atoms with van der Waals surface area (Å²) >= 11 is 5.75. The molecule has 1 aromatic carbocycles. The number of halogens is 1. The molecule has 0 spiro atoms. The lowest BCUT2D eigenvalue weighted by atomic mass is 10.1. The van der Waals surface area contributed by atoms with Gasteiger partial charge in [-0.2, -0.15) is 4.98 Å². The Balaban J connectivity index is 1.95. The largest absolute Gasteiger partial charge is 0.328 e. The number of benzene rings is 1. The number of amides is 1. The monoisotopic (exact) mass is 251 g/mol. The van der Waals surface area contributed by atoms with Crippen molar-refractivity contribution in [2.75, 3.05) is 5.32 Å². The number of rotatable bonds is 3. The maximum Gasteiger partial charge on any atom is 0.328 e. The number of carbonyl (C=O) groups is 1. The van der Waals surface area contributed by atoms with E-state index in [1.165, 1.54) is 0 Å². The van der Waals surface area contributed by atoms with Crippen LogP contribution in [0.15, 0.2) is 28.8 Å². The van der Waals surface area contributed by atoms with Crippen LogP contribution in [0.2, 0.25) is 5.02 Å². The predicted octanol–water partition coefficient (Wildman–Crippen LogP) is 2.21. The zero-order chi connectivity index (χ0) is 12.3. The zero-order valence-electron chi connectivity index (χ0n) is 9.11. The number of aromatic nitrogens is 2. The predicted molar refractivity (Wildman–Crippen MR) is 62.8 cm³/mol. The number of aryl methyl sites for hydroxylation is 1. The van der Waals surface area contributed by atoms with Crippen LogP contribution in [0.4, 0.5) is 6.01 Å². The molecule has 5 nitrogen and oxygen atoms in total. The van der Waals surface area contributed by atoms with Gasteiger partial charge >= 0.3 is 6.01 Å². The summed E-state index contributed by atoms with van der Waals surface area (Å²) in [7, 11) is 0.